The van der Waals surface area contributed by atoms with Crippen molar-refractivity contribution in [2.45, 2.75) is 12.5 Å². The second kappa shape index (κ2) is 6.04. The van der Waals surface area contributed by atoms with E-state index < -0.39 is 6.10 Å². The number of aliphatic hydroxyl groups is 1. The van der Waals surface area contributed by atoms with Crippen LogP contribution in [-0.2, 0) is 6.42 Å². The first-order valence-corrected chi connectivity index (χ1v) is 6.24. The maximum Gasteiger partial charge on any atom is 0.123 e. The molecule has 0 aliphatic heterocycles. The van der Waals surface area contributed by atoms with Crippen LogP contribution in [0.5, 0.6) is 5.75 Å². The summed E-state index contributed by atoms with van der Waals surface area (Å²) in [5.74, 6) is 0.305. The summed E-state index contributed by atoms with van der Waals surface area (Å²) in [5, 5.41) is 10.6. The molecule has 0 aromatic heterocycles. The molecule has 0 bridgehead atoms. The topological polar surface area (TPSA) is 29.5 Å². The van der Waals surface area contributed by atoms with Crippen LogP contribution in [0.15, 0.2) is 42.5 Å². The molecule has 1 N–H and O–H groups in total. The van der Waals surface area contributed by atoms with Crippen LogP contribution >= 0.6 is 11.6 Å². The standard InChI is InChI=1S/C15H14ClFO2/c1-19-13-4-2-3-10(8-13)15(18)9-11-7-12(17)5-6-14(11)16/h2-8,15,18H,9H2,1H3. The van der Waals surface area contributed by atoms with Gasteiger partial charge >= 0.3 is 0 Å². The zero-order valence-electron chi connectivity index (χ0n) is 10.4. The second-order valence-electron chi connectivity index (χ2n) is 4.23. The maximum absolute atomic E-state index is 13.2. The van der Waals surface area contributed by atoms with Gasteiger partial charge in [0.1, 0.15) is 11.6 Å². The summed E-state index contributed by atoms with van der Waals surface area (Å²) in [7, 11) is 1.56. The number of ether oxygens (including phenoxy) is 1. The van der Waals surface area contributed by atoms with Crippen molar-refractivity contribution in [1.82, 2.24) is 0 Å². The Labute approximate surface area is 116 Å². The maximum atomic E-state index is 13.2. The van der Waals surface area contributed by atoms with E-state index in [1.807, 2.05) is 0 Å². The van der Waals surface area contributed by atoms with E-state index in [1.54, 1.807) is 31.4 Å². The third-order valence-electron chi connectivity index (χ3n) is 2.90. The van der Waals surface area contributed by atoms with E-state index >= 15 is 0 Å². The molecule has 0 saturated heterocycles. The molecular weight excluding hydrogens is 267 g/mol. The van der Waals surface area contributed by atoms with Crippen LogP contribution in [0.25, 0.3) is 0 Å². The van der Waals surface area contributed by atoms with Crippen molar-refractivity contribution in [3.8, 4) is 5.75 Å². The summed E-state index contributed by atoms with van der Waals surface area (Å²) in [6.45, 7) is 0. The van der Waals surface area contributed by atoms with E-state index in [-0.39, 0.29) is 12.2 Å². The molecule has 100 valence electrons. The largest absolute Gasteiger partial charge is 0.497 e. The lowest BCUT2D eigenvalue weighted by Crippen LogP contribution is -2.03. The average molecular weight is 281 g/mol. The van der Waals surface area contributed by atoms with Crippen molar-refractivity contribution in [3.63, 3.8) is 0 Å². The minimum Gasteiger partial charge on any atom is -0.497 e. The molecule has 0 amide bonds. The highest BCUT2D eigenvalue weighted by Gasteiger charge is 2.12. The van der Waals surface area contributed by atoms with Gasteiger partial charge in [-0.2, -0.15) is 0 Å². The van der Waals surface area contributed by atoms with Crippen LogP contribution in [0.2, 0.25) is 5.02 Å². The number of benzene rings is 2. The molecule has 2 aromatic rings. The lowest BCUT2D eigenvalue weighted by atomic mass is 10.0. The van der Waals surface area contributed by atoms with Crippen LogP contribution in [0.3, 0.4) is 0 Å². The van der Waals surface area contributed by atoms with E-state index in [0.717, 1.165) is 0 Å². The van der Waals surface area contributed by atoms with E-state index in [9.17, 15) is 9.50 Å². The quantitative estimate of drug-likeness (QED) is 0.924. The van der Waals surface area contributed by atoms with Gasteiger partial charge in [-0.25, -0.2) is 4.39 Å². The molecule has 1 unspecified atom stereocenters. The smallest absolute Gasteiger partial charge is 0.123 e. The van der Waals surface area contributed by atoms with Gasteiger partial charge in [0.15, 0.2) is 0 Å². The predicted molar refractivity (Wildman–Crippen MR) is 73.1 cm³/mol. The molecule has 2 rings (SSSR count). The Hall–Kier alpha value is -1.58. The molecule has 1 atom stereocenters. The lowest BCUT2D eigenvalue weighted by molar-refractivity contribution is 0.178. The highest BCUT2D eigenvalue weighted by molar-refractivity contribution is 6.31. The van der Waals surface area contributed by atoms with Gasteiger partial charge in [-0.3, -0.25) is 0 Å². The Bertz CT molecular complexity index is 572. The monoisotopic (exact) mass is 280 g/mol. The molecule has 0 radical (unpaired) electrons. The molecule has 0 heterocycles. The number of hydrogen-bond donors (Lipinski definition) is 1. The number of halogens is 2. The first kappa shape index (κ1) is 13.8. The zero-order valence-corrected chi connectivity index (χ0v) is 11.2. The van der Waals surface area contributed by atoms with Crippen LogP contribution in [0.1, 0.15) is 17.2 Å². The van der Waals surface area contributed by atoms with Crippen LogP contribution in [0, 0.1) is 5.82 Å². The first-order valence-electron chi connectivity index (χ1n) is 5.86. The molecule has 2 nitrogen and oxygen atoms in total. The molecule has 2 aromatic carbocycles. The number of aliphatic hydroxyl groups excluding tert-OH is 1. The first-order chi connectivity index (χ1) is 9.10. The van der Waals surface area contributed by atoms with Crippen molar-refractivity contribution in [2.75, 3.05) is 7.11 Å². The van der Waals surface area contributed by atoms with E-state index in [1.165, 1.54) is 18.2 Å². The van der Waals surface area contributed by atoms with Crippen molar-refractivity contribution in [2.24, 2.45) is 0 Å². The van der Waals surface area contributed by atoms with Crippen LogP contribution in [0.4, 0.5) is 4.39 Å². The fourth-order valence-corrected chi connectivity index (χ4v) is 2.07. The summed E-state index contributed by atoms with van der Waals surface area (Å²) in [5.41, 5.74) is 1.29. The molecule has 19 heavy (non-hydrogen) atoms. The molecular formula is C15H14ClFO2. The van der Waals surface area contributed by atoms with Gasteiger partial charge in [0.25, 0.3) is 0 Å². The molecule has 0 aliphatic carbocycles. The number of hydrogen-bond acceptors (Lipinski definition) is 2. The Balaban J connectivity index is 2.20. The Morgan fingerprint density at radius 1 is 1.26 bits per heavy atom. The molecule has 0 saturated carbocycles. The Morgan fingerprint density at radius 3 is 2.79 bits per heavy atom. The van der Waals surface area contributed by atoms with Gasteiger partial charge < -0.3 is 9.84 Å². The summed E-state index contributed by atoms with van der Waals surface area (Å²) in [6, 6.07) is 11.3. The number of methoxy groups -OCH3 is 1. The number of rotatable bonds is 4. The Morgan fingerprint density at radius 2 is 2.05 bits per heavy atom. The van der Waals surface area contributed by atoms with Crippen LogP contribution in [-0.4, -0.2) is 12.2 Å². The van der Waals surface area contributed by atoms with Crippen molar-refractivity contribution in [1.29, 1.82) is 0 Å². The minimum atomic E-state index is -0.755. The van der Waals surface area contributed by atoms with E-state index in [0.29, 0.717) is 21.9 Å². The van der Waals surface area contributed by atoms with E-state index in [4.69, 9.17) is 16.3 Å². The molecule has 0 spiro atoms. The zero-order chi connectivity index (χ0) is 13.8. The minimum absolute atomic E-state index is 0.254. The molecule has 4 heteroatoms. The summed E-state index contributed by atoms with van der Waals surface area (Å²) in [4.78, 5) is 0. The van der Waals surface area contributed by atoms with Gasteiger partial charge in [-0.15, -0.1) is 0 Å². The van der Waals surface area contributed by atoms with Crippen molar-refractivity contribution < 1.29 is 14.2 Å². The van der Waals surface area contributed by atoms with Crippen molar-refractivity contribution in [3.05, 3.63) is 64.4 Å². The van der Waals surface area contributed by atoms with Gasteiger partial charge in [0.05, 0.1) is 13.2 Å². The normalized spacial score (nSPS) is 12.2. The third-order valence-corrected chi connectivity index (χ3v) is 3.27. The lowest BCUT2D eigenvalue weighted by Gasteiger charge is -2.13. The average Bonchev–Trinajstić information content (AvgIpc) is 2.43. The van der Waals surface area contributed by atoms with E-state index in [2.05, 4.69) is 0 Å². The highest BCUT2D eigenvalue weighted by atomic mass is 35.5. The summed E-state index contributed by atoms with van der Waals surface area (Å²) in [6.07, 6.45) is -0.501. The van der Waals surface area contributed by atoms with Crippen molar-refractivity contribution >= 4 is 11.6 Å². The van der Waals surface area contributed by atoms with Gasteiger partial charge in [-0.05, 0) is 41.5 Å². The molecule has 0 aliphatic rings. The Kier molecular flexibility index (Phi) is 4.40. The third kappa shape index (κ3) is 3.46. The van der Waals surface area contributed by atoms with Gasteiger partial charge in [-0.1, -0.05) is 23.7 Å². The van der Waals surface area contributed by atoms with Gasteiger partial charge in [0, 0.05) is 11.4 Å². The van der Waals surface area contributed by atoms with Gasteiger partial charge in [0.2, 0.25) is 0 Å². The summed E-state index contributed by atoms with van der Waals surface area (Å²) < 4.78 is 18.3. The predicted octanol–water partition coefficient (Wildman–Crippen LogP) is 3.76. The van der Waals surface area contributed by atoms with Crippen LogP contribution < -0.4 is 4.74 Å². The second-order valence-corrected chi connectivity index (χ2v) is 4.64. The SMILES string of the molecule is COc1cccc(C(O)Cc2cc(F)ccc2Cl)c1. The highest BCUT2D eigenvalue weighted by Crippen LogP contribution is 2.26. The fourth-order valence-electron chi connectivity index (χ4n) is 1.87. The fraction of sp³-hybridized carbons (Fsp3) is 0.200. The molecule has 0 fully saturated rings. The summed E-state index contributed by atoms with van der Waals surface area (Å²) >= 11 is 5.98.